The van der Waals surface area contributed by atoms with Crippen LogP contribution in [0.4, 0.5) is 0 Å². The van der Waals surface area contributed by atoms with Crippen molar-refractivity contribution in [1.82, 2.24) is 5.32 Å². The molecule has 2 rings (SSSR count). The molecule has 1 fully saturated rings. The van der Waals surface area contributed by atoms with Crippen molar-refractivity contribution < 1.29 is 4.74 Å². The summed E-state index contributed by atoms with van der Waals surface area (Å²) in [5, 5.41) is 4.59. The molecule has 15 heavy (non-hydrogen) atoms. The van der Waals surface area contributed by atoms with E-state index in [2.05, 4.69) is 5.32 Å². The van der Waals surface area contributed by atoms with Gasteiger partial charge in [-0.25, -0.2) is 0 Å². The lowest BCUT2D eigenvalue weighted by Crippen LogP contribution is -2.16. The van der Waals surface area contributed by atoms with Gasteiger partial charge in [0.1, 0.15) is 0 Å². The molecule has 1 aromatic rings. The minimum Gasteiger partial charge on any atom is -0.372 e. The van der Waals surface area contributed by atoms with E-state index in [1.54, 1.807) is 6.07 Å². The van der Waals surface area contributed by atoms with Crippen molar-refractivity contribution in [2.24, 2.45) is 0 Å². The van der Waals surface area contributed by atoms with Gasteiger partial charge >= 0.3 is 0 Å². The molecule has 1 N–H and O–H groups in total. The quantitative estimate of drug-likeness (QED) is 0.885. The highest BCUT2D eigenvalue weighted by Gasteiger charge is 2.15. The monoisotopic (exact) mass is 245 g/mol. The van der Waals surface area contributed by atoms with E-state index in [0.29, 0.717) is 22.8 Å². The summed E-state index contributed by atoms with van der Waals surface area (Å²) in [7, 11) is 0. The Hall–Kier alpha value is -0.280. The molecule has 0 amide bonds. The highest BCUT2D eigenvalue weighted by atomic mass is 35.5. The zero-order valence-corrected chi connectivity index (χ0v) is 9.81. The first-order valence-corrected chi connectivity index (χ1v) is 5.77. The number of hydrogen-bond donors (Lipinski definition) is 1. The van der Waals surface area contributed by atoms with Gasteiger partial charge in [-0.05, 0) is 30.7 Å². The molecule has 0 bridgehead atoms. The summed E-state index contributed by atoms with van der Waals surface area (Å²) in [5.74, 6) is 0. The fourth-order valence-corrected chi connectivity index (χ4v) is 2.08. The first-order valence-electron chi connectivity index (χ1n) is 5.02. The van der Waals surface area contributed by atoms with Crippen LogP contribution in [0.2, 0.25) is 10.0 Å². The Morgan fingerprint density at radius 3 is 2.93 bits per heavy atom. The van der Waals surface area contributed by atoms with Gasteiger partial charge in [-0.2, -0.15) is 0 Å². The normalized spacial score (nSPS) is 20.8. The summed E-state index contributed by atoms with van der Waals surface area (Å²) in [4.78, 5) is 0. The van der Waals surface area contributed by atoms with Crippen LogP contribution in [0, 0.1) is 0 Å². The number of nitrogens with one attached hydrogen (secondary N) is 1. The summed E-state index contributed by atoms with van der Waals surface area (Å²) in [6.07, 6.45) is 1.39. The van der Waals surface area contributed by atoms with Crippen LogP contribution in [0.25, 0.3) is 0 Å². The Bertz CT molecular complexity index is 337. The molecule has 2 nitrogen and oxygen atoms in total. The van der Waals surface area contributed by atoms with E-state index >= 15 is 0 Å². The van der Waals surface area contributed by atoms with E-state index < -0.39 is 0 Å². The van der Waals surface area contributed by atoms with E-state index in [0.717, 1.165) is 25.1 Å². The number of ether oxygens (including phenoxy) is 1. The van der Waals surface area contributed by atoms with E-state index in [4.69, 9.17) is 27.9 Å². The van der Waals surface area contributed by atoms with Crippen molar-refractivity contribution in [2.45, 2.75) is 19.1 Å². The maximum atomic E-state index is 6.03. The van der Waals surface area contributed by atoms with Crippen LogP contribution in [-0.4, -0.2) is 19.2 Å². The van der Waals surface area contributed by atoms with Crippen LogP contribution >= 0.6 is 23.2 Å². The summed E-state index contributed by atoms with van der Waals surface area (Å²) >= 11 is 11.8. The van der Waals surface area contributed by atoms with Crippen molar-refractivity contribution in [3.8, 4) is 0 Å². The number of rotatable bonds is 3. The van der Waals surface area contributed by atoms with Crippen LogP contribution in [0.1, 0.15) is 12.0 Å². The topological polar surface area (TPSA) is 21.3 Å². The molecule has 0 aromatic heterocycles. The molecule has 1 saturated heterocycles. The third kappa shape index (κ3) is 3.08. The predicted octanol–water partition coefficient (Wildman–Crippen LogP) is 2.87. The number of benzene rings is 1. The minimum atomic E-state index is 0.316. The Morgan fingerprint density at radius 1 is 1.40 bits per heavy atom. The van der Waals surface area contributed by atoms with Gasteiger partial charge in [0.2, 0.25) is 0 Å². The zero-order chi connectivity index (χ0) is 10.7. The second-order valence-electron chi connectivity index (χ2n) is 3.66. The number of hydrogen-bond acceptors (Lipinski definition) is 2. The first-order chi connectivity index (χ1) is 7.25. The fourth-order valence-electron chi connectivity index (χ4n) is 1.62. The van der Waals surface area contributed by atoms with E-state index in [1.165, 1.54) is 0 Å². The molecule has 82 valence electrons. The van der Waals surface area contributed by atoms with Gasteiger partial charge in [-0.15, -0.1) is 0 Å². The van der Waals surface area contributed by atoms with Crippen molar-refractivity contribution in [3.05, 3.63) is 33.8 Å². The van der Waals surface area contributed by atoms with Gasteiger partial charge in [0.15, 0.2) is 0 Å². The molecule has 1 aliphatic rings. The molecule has 1 aromatic carbocycles. The van der Waals surface area contributed by atoms with E-state index in [1.807, 2.05) is 12.1 Å². The van der Waals surface area contributed by atoms with Gasteiger partial charge in [-0.3, -0.25) is 0 Å². The lowest BCUT2D eigenvalue weighted by atomic mass is 10.2. The molecule has 0 aliphatic carbocycles. The van der Waals surface area contributed by atoms with E-state index in [9.17, 15) is 0 Å². The third-order valence-corrected chi connectivity index (χ3v) is 3.09. The summed E-state index contributed by atoms with van der Waals surface area (Å²) in [6, 6.07) is 5.49. The number of halogens is 2. The smallest absolute Gasteiger partial charge is 0.0735 e. The third-order valence-electron chi connectivity index (χ3n) is 2.50. The largest absolute Gasteiger partial charge is 0.372 e. The maximum Gasteiger partial charge on any atom is 0.0735 e. The van der Waals surface area contributed by atoms with Crippen molar-refractivity contribution in [2.75, 3.05) is 13.1 Å². The summed E-state index contributed by atoms with van der Waals surface area (Å²) in [5.41, 5.74) is 0.993. The molecule has 0 unspecified atom stereocenters. The van der Waals surface area contributed by atoms with Gasteiger partial charge in [-0.1, -0.05) is 29.3 Å². The molecular formula is C11H13Cl2NO. The lowest BCUT2D eigenvalue weighted by molar-refractivity contribution is 0.0543. The summed E-state index contributed by atoms with van der Waals surface area (Å²) in [6.45, 7) is 2.53. The molecule has 0 spiro atoms. The van der Waals surface area contributed by atoms with Gasteiger partial charge in [0.05, 0.1) is 12.7 Å². The second kappa shape index (κ2) is 5.17. The standard InChI is InChI=1S/C11H13Cl2NO/c12-9-2-1-8(11(13)5-9)7-15-10-3-4-14-6-10/h1-2,5,10,14H,3-4,6-7H2/t10-/m0/s1. The Labute approximate surface area is 99.5 Å². The molecule has 0 radical (unpaired) electrons. The van der Waals surface area contributed by atoms with Crippen molar-refractivity contribution in [1.29, 1.82) is 0 Å². The molecule has 0 saturated carbocycles. The van der Waals surface area contributed by atoms with Crippen LogP contribution in [0.3, 0.4) is 0 Å². The van der Waals surface area contributed by atoms with Crippen LogP contribution in [0.15, 0.2) is 18.2 Å². The SMILES string of the molecule is Clc1ccc(CO[C@H]2CCNC2)c(Cl)c1. The van der Waals surface area contributed by atoms with Gasteiger partial charge in [0, 0.05) is 16.6 Å². The molecule has 1 aliphatic heterocycles. The Kier molecular flexibility index (Phi) is 3.87. The highest BCUT2D eigenvalue weighted by Crippen LogP contribution is 2.22. The highest BCUT2D eigenvalue weighted by molar-refractivity contribution is 6.35. The predicted molar refractivity (Wildman–Crippen MR) is 62.5 cm³/mol. The second-order valence-corrected chi connectivity index (χ2v) is 4.51. The Balaban J connectivity index is 1.92. The van der Waals surface area contributed by atoms with Gasteiger partial charge in [0.25, 0.3) is 0 Å². The maximum absolute atomic E-state index is 6.03. The first kappa shape index (κ1) is 11.2. The van der Waals surface area contributed by atoms with E-state index in [-0.39, 0.29) is 0 Å². The van der Waals surface area contributed by atoms with Gasteiger partial charge < -0.3 is 10.1 Å². The molecular weight excluding hydrogens is 233 g/mol. The average molecular weight is 246 g/mol. The lowest BCUT2D eigenvalue weighted by Gasteiger charge is -2.11. The zero-order valence-electron chi connectivity index (χ0n) is 8.30. The van der Waals surface area contributed by atoms with Crippen LogP contribution < -0.4 is 5.32 Å². The van der Waals surface area contributed by atoms with Crippen LogP contribution in [0.5, 0.6) is 0 Å². The summed E-state index contributed by atoms with van der Waals surface area (Å²) < 4.78 is 5.72. The molecule has 4 heteroatoms. The molecule has 1 heterocycles. The average Bonchev–Trinajstić information content (AvgIpc) is 2.69. The van der Waals surface area contributed by atoms with Crippen LogP contribution in [-0.2, 0) is 11.3 Å². The van der Waals surface area contributed by atoms with Crippen molar-refractivity contribution >= 4 is 23.2 Å². The van der Waals surface area contributed by atoms with Crippen molar-refractivity contribution in [3.63, 3.8) is 0 Å². The minimum absolute atomic E-state index is 0.316. The molecule has 1 atom stereocenters. The Morgan fingerprint density at radius 2 is 2.27 bits per heavy atom. The fraction of sp³-hybridized carbons (Fsp3) is 0.455.